The molecule has 1 aliphatic rings. The van der Waals surface area contributed by atoms with E-state index in [1.165, 1.54) is 11.1 Å². The van der Waals surface area contributed by atoms with Gasteiger partial charge in [-0.2, -0.15) is 0 Å². The van der Waals surface area contributed by atoms with E-state index in [1.807, 2.05) is 7.05 Å². The molecule has 0 amide bonds. The number of benzene rings is 1. The van der Waals surface area contributed by atoms with Crippen molar-refractivity contribution >= 4 is 5.96 Å². The monoisotopic (exact) mass is 332 g/mol. The second kappa shape index (κ2) is 9.04. The Kier molecular flexibility index (Phi) is 7.06. The minimum Gasteiger partial charge on any atom is -0.379 e. The van der Waals surface area contributed by atoms with Gasteiger partial charge in [0.25, 0.3) is 0 Å². The fourth-order valence-electron chi connectivity index (χ4n) is 3.25. The van der Waals surface area contributed by atoms with Crippen LogP contribution in [0.5, 0.6) is 0 Å². The summed E-state index contributed by atoms with van der Waals surface area (Å²) in [7, 11) is 3.93. The lowest BCUT2D eigenvalue weighted by Crippen LogP contribution is -2.53. The third kappa shape index (κ3) is 4.95. The Morgan fingerprint density at radius 2 is 2.21 bits per heavy atom. The van der Waals surface area contributed by atoms with E-state index >= 15 is 0 Å². The largest absolute Gasteiger partial charge is 0.379 e. The van der Waals surface area contributed by atoms with E-state index in [4.69, 9.17) is 4.74 Å². The Bertz CT molecular complexity index is 546. The molecule has 1 aliphatic heterocycles. The first kappa shape index (κ1) is 18.7. The molecule has 0 radical (unpaired) electrons. The van der Waals surface area contributed by atoms with Crippen molar-refractivity contribution in [3.05, 3.63) is 35.4 Å². The van der Waals surface area contributed by atoms with Gasteiger partial charge in [0, 0.05) is 45.8 Å². The van der Waals surface area contributed by atoms with Crippen LogP contribution in [0, 0.1) is 6.92 Å². The van der Waals surface area contributed by atoms with Crippen molar-refractivity contribution in [2.75, 3.05) is 40.4 Å². The van der Waals surface area contributed by atoms with Crippen LogP contribution in [-0.2, 0) is 11.3 Å². The molecular weight excluding hydrogens is 300 g/mol. The molecule has 0 bridgehead atoms. The number of nitrogens with one attached hydrogen (secondary N) is 1. The summed E-state index contributed by atoms with van der Waals surface area (Å²) in [5, 5.41) is 3.52. The highest BCUT2D eigenvalue weighted by Crippen LogP contribution is 2.11. The van der Waals surface area contributed by atoms with Crippen LogP contribution < -0.4 is 5.32 Å². The van der Waals surface area contributed by atoms with E-state index in [2.05, 4.69) is 72.2 Å². The molecule has 1 heterocycles. The van der Waals surface area contributed by atoms with E-state index < -0.39 is 0 Å². The molecule has 1 aromatic carbocycles. The Balaban J connectivity index is 1.88. The summed E-state index contributed by atoms with van der Waals surface area (Å²) in [6.45, 7) is 11.0. The Morgan fingerprint density at radius 3 is 2.88 bits per heavy atom. The molecule has 1 fully saturated rings. The summed E-state index contributed by atoms with van der Waals surface area (Å²) in [4.78, 5) is 9.12. The number of ether oxygens (including phenoxy) is 1. The first-order chi connectivity index (χ1) is 11.5. The lowest BCUT2D eigenvalue weighted by Gasteiger charge is -2.38. The Hall–Kier alpha value is -1.59. The molecule has 5 nitrogen and oxygen atoms in total. The van der Waals surface area contributed by atoms with Gasteiger partial charge >= 0.3 is 0 Å². The summed E-state index contributed by atoms with van der Waals surface area (Å²) >= 11 is 0. The van der Waals surface area contributed by atoms with Gasteiger partial charge in [-0.05, 0) is 31.9 Å². The average molecular weight is 332 g/mol. The third-order valence-corrected chi connectivity index (χ3v) is 4.78. The van der Waals surface area contributed by atoms with Crippen LogP contribution in [0.3, 0.4) is 0 Å². The maximum atomic E-state index is 5.53. The van der Waals surface area contributed by atoms with Crippen LogP contribution in [0.25, 0.3) is 0 Å². The van der Waals surface area contributed by atoms with Crippen molar-refractivity contribution in [3.8, 4) is 0 Å². The van der Waals surface area contributed by atoms with Crippen molar-refractivity contribution in [3.63, 3.8) is 0 Å². The fraction of sp³-hybridized carbons (Fsp3) is 0.632. The number of guanidine groups is 1. The van der Waals surface area contributed by atoms with Gasteiger partial charge in [0.15, 0.2) is 5.96 Å². The molecule has 24 heavy (non-hydrogen) atoms. The number of nitrogens with zero attached hydrogens (tertiary/aromatic N) is 3. The Morgan fingerprint density at radius 1 is 1.46 bits per heavy atom. The molecule has 5 heteroatoms. The topological polar surface area (TPSA) is 40.1 Å². The van der Waals surface area contributed by atoms with E-state index in [0.29, 0.717) is 12.1 Å². The molecule has 1 N–H and O–H groups in total. The highest BCUT2D eigenvalue weighted by molar-refractivity contribution is 5.79. The zero-order chi connectivity index (χ0) is 17.5. The summed E-state index contributed by atoms with van der Waals surface area (Å²) in [5.74, 6) is 0.936. The van der Waals surface area contributed by atoms with Crippen molar-refractivity contribution in [2.24, 2.45) is 4.99 Å². The van der Waals surface area contributed by atoms with Crippen molar-refractivity contribution in [1.82, 2.24) is 15.1 Å². The predicted molar refractivity (Wildman–Crippen MR) is 100 cm³/mol. The predicted octanol–water partition coefficient (Wildman–Crippen LogP) is 2.11. The normalized spacial score (nSPS) is 20.7. The lowest BCUT2D eigenvalue weighted by atomic mass is 10.1. The van der Waals surface area contributed by atoms with Crippen LogP contribution in [-0.4, -0.2) is 68.2 Å². The zero-order valence-electron chi connectivity index (χ0n) is 15.7. The smallest absolute Gasteiger partial charge is 0.193 e. The van der Waals surface area contributed by atoms with Gasteiger partial charge < -0.3 is 15.0 Å². The molecule has 134 valence electrons. The van der Waals surface area contributed by atoms with E-state index in [9.17, 15) is 0 Å². The summed E-state index contributed by atoms with van der Waals surface area (Å²) < 4.78 is 5.53. The standard InChI is InChI=1S/C19H32N4O/c1-15-8-6-7-9-18(15)13-22(5)19(20-4)21-12-16(2)23-10-11-24-14-17(23)3/h6-9,16-17H,10-14H2,1-5H3,(H,20,21). The van der Waals surface area contributed by atoms with E-state index in [1.54, 1.807) is 0 Å². The van der Waals surface area contributed by atoms with Gasteiger partial charge in [0.05, 0.1) is 13.2 Å². The quantitative estimate of drug-likeness (QED) is 0.662. The highest BCUT2D eigenvalue weighted by atomic mass is 16.5. The average Bonchev–Trinajstić information content (AvgIpc) is 2.57. The number of aliphatic imine (C=N–C) groups is 1. The van der Waals surface area contributed by atoms with Crippen LogP contribution in [0.15, 0.2) is 29.3 Å². The van der Waals surface area contributed by atoms with Crippen molar-refractivity contribution in [1.29, 1.82) is 0 Å². The number of morpholine rings is 1. The first-order valence-corrected chi connectivity index (χ1v) is 8.82. The summed E-state index contributed by atoms with van der Waals surface area (Å²) in [6.07, 6.45) is 0. The molecule has 0 saturated carbocycles. The third-order valence-electron chi connectivity index (χ3n) is 4.78. The van der Waals surface area contributed by atoms with Crippen LogP contribution in [0.2, 0.25) is 0 Å². The lowest BCUT2D eigenvalue weighted by molar-refractivity contribution is -0.0175. The number of rotatable bonds is 5. The number of hydrogen-bond acceptors (Lipinski definition) is 3. The molecule has 0 aromatic heterocycles. The number of hydrogen-bond donors (Lipinski definition) is 1. The van der Waals surface area contributed by atoms with Gasteiger partial charge in [-0.3, -0.25) is 9.89 Å². The molecule has 1 aromatic rings. The SMILES string of the molecule is CN=C(NCC(C)N1CCOCC1C)N(C)Cc1ccccc1C. The fourth-order valence-corrected chi connectivity index (χ4v) is 3.25. The second-order valence-electron chi connectivity index (χ2n) is 6.72. The zero-order valence-corrected chi connectivity index (χ0v) is 15.7. The maximum Gasteiger partial charge on any atom is 0.193 e. The van der Waals surface area contributed by atoms with Crippen LogP contribution in [0.1, 0.15) is 25.0 Å². The van der Waals surface area contributed by atoms with E-state index in [-0.39, 0.29) is 0 Å². The summed E-state index contributed by atoms with van der Waals surface area (Å²) in [5.41, 5.74) is 2.65. The first-order valence-electron chi connectivity index (χ1n) is 8.82. The highest BCUT2D eigenvalue weighted by Gasteiger charge is 2.23. The van der Waals surface area contributed by atoms with Crippen molar-refractivity contribution in [2.45, 2.75) is 39.4 Å². The molecule has 2 atom stereocenters. The van der Waals surface area contributed by atoms with Gasteiger partial charge in [-0.25, -0.2) is 0 Å². The minimum absolute atomic E-state index is 0.451. The van der Waals surface area contributed by atoms with Gasteiger partial charge in [-0.15, -0.1) is 0 Å². The van der Waals surface area contributed by atoms with Crippen LogP contribution in [0.4, 0.5) is 0 Å². The maximum absolute atomic E-state index is 5.53. The molecule has 2 unspecified atom stereocenters. The van der Waals surface area contributed by atoms with E-state index in [0.717, 1.165) is 38.8 Å². The molecule has 1 saturated heterocycles. The molecule has 2 rings (SSSR count). The second-order valence-corrected chi connectivity index (χ2v) is 6.72. The van der Waals surface area contributed by atoms with Crippen LogP contribution >= 0.6 is 0 Å². The van der Waals surface area contributed by atoms with Gasteiger partial charge in [-0.1, -0.05) is 24.3 Å². The van der Waals surface area contributed by atoms with Crippen molar-refractivity contribution < 1.29 is 4.74 Å². The van der Waals surface area contributed by atoms with Gasteiger partial charge in [0.1, 0.15) is 0 Å². The number of aryl methyl sites for hydroxylation is 1. The minimum atomic E-state index is 0.451. The molecular formula is C19H32N4O. The molecule has 0 aliphatic carbocycles. The summed E-state index contributed by atoms with van der Waals surface area (Å²) in [6, 6.07) is 9.43. The Labute approximate surface area is 146 Å². The molecule has 0 spiro atoms. The van der Waals surface area contributed by atoms with Gasteiger partial charge in [0.2, 0.25) is 0 Å².